The number of hydrogen-bond donors (Lipinski definition) is 4. The molecule has 0 aliphatic rings. The van der Waals surface area contributed by atoms with E-state index >= 15 is 0 Å². The number of nitrogens with one attached hydrogen (secondary N) is 2. The van der Waals surface area contributed by atoms with Crippen molar-refractivity contribution in [2.75, 3.05) is 17.2 Å². The van der Waals surface area contributed by atoms with Crippen molar-refractivity contribution in [1.29, 1.82) is 0 Å². The van der Waals surface area contributed by atoms with Crippen molar-refractivity contribution < 1.29 is 15.0 Å². The smallest absolute Gasteiger partial charge is 0.326 e. The van der Waals surface area contributed by atoms with Crippen LogP contribution in [0.4, 0.5) is 11.6 Å². The van der Waals surface area contributed by atoms with E-state index in [4.69, 9.17) is 5.11 Å². The average molecular weight is 268 g/mol. The van der Waals surface area contributed by atoms with E-state index in [-0.39, 0.29) is 0 Å². The highest BCUT2D eigenvalue weighted by Crippen LogP contribution is 2.12. The molecule has 4 N–H and O–H groups in total. The summed E-state index contributed by atoms with van der Waals surface area (Å²) in [5.41, 5.74) is 0. The van der Waals surface area contributed by atoms with Gasteiger partial charge in [-0.3, -0.25) is 0 Å². The maximum atomic E-state index is 11.0. The molecule has 19 heavy (non-hydrogen) atoms. The molecular weight excluding hydrogens is 248 g/mol. The van der Waals surface area contributed by atoms with Gasteiger partial charge in [0.05, 0.1) is 6.10 Å². The molecule has 0 radical (unpaired) electrons. The highest BCUT2D eigenvalue weighted by molar-refractivity contribution is 5.76. The number of carboxylic acid groups (broad SMARTS) is 1. The molecule has 0 fully saturated rings. The normalized spacial score (nSPS) is 13.6. The van der Waals surface area contributed by atoms with Gasteiger partial charge in [0.15, 0.2) is 0 Å². The van der Waals surface area contributed by atoms with Crippen LogP contribution in [0.5, 0.6) is 0 Å². The monoisotopic (exact) mass is 268 g/mol. The molecular formula is C12H20N4O3. The minimum absolute atomic E-state index is 0.369. The van der Waals surface area contributed by atoms with Crippen molar-refractivity contribution in [2.24, 2.45) is 0 Å². The van der Waals surface area contributed by atoms with Gasteiger partial charge in [-0.25, -0.2) is 14.8 Å². The molecule has 0 bridgehead atoms. The fraction of sp³-hybridized carbons (Fsp3) is 0.583. The molecule has 0 saturated heterocycles. The van der Waals surface area contributed by atoms with Gasteiger partial charge in [-0.1, -0.05) is 13.3 Å². The molecule has 1 heterocycles. The predicted octanol–water partition coefficient (Wildman–Crippen LogP) is 0.935. The van der Waals surface area contributed by atoms with Gasteiger partial charge in [-0.2, -0.15) is 0 Å². The number of carboxylic acids is 1. The molecule has 7 heteroatoms. The first kappa shape index (κ1) is 15.2. The van der Waals surface area contributed by atoms with Crippen molar-refractivity contribution in [3.8, 4) is 0 Å². The fourth-order valence-corrected chi connectivity index (χ4v) is 1.51. The zero-order valence-corrected chi connectivity index (χ0v) is 11.1. The Kier molecular flexibility index (Phi) is 6.01. The first-order valence-electron chi connectivity index (χ1n) is 6.26. The van der Waals surface area contributed by atoms with Crippen LogP contribution in [0.3, 0.4) is 0 Å². The van der Waals surface area contributed by atoms with E-state index in [0.717, 1.165) is 6.42 Å². The summed E-state index contributed by atoms with van der Waals surface area (Å²) in [6.07, 6.45) is 2.15. The van der Waals surface area contributed by atoms with Crippen LogP contribution in [0.1, 0.15) is 26.7 Å². The zero-order chi connectivity index (χ0) is 14.3. The van der Waals surface area contributed by atoms with Crippen LogP contribution in [0.2, 0.25) is 0 Å². The molecule has 0 aliphatic carbocycles. The number of aliphatic hydroxyl groups excluding tert-OH is 1. The van der Waals surface area contributed by atoms with Gasteiger partial charge in [0.25, 0.3) is 0 Å². The quantitative estimate of drug-likeness (QED) is 0.555. The van der Waals surface area contributed by atoms with Crippen LogP contribution in [-0.4, -0.2) is 44.8 Å². The Morgan fingerprint density at radius 1 is 1.42 bits per heavy atom. The number of aromatic nitrogens is 2. The Morgan fingerprint density at radius 2 is 2.11 bits per heavy atom. The third-order valence-electron chi connectivity index (χ3n) is 2.44. The summed E-state index contributed by atoms with van der Waals surface area (Å²) in [4.78, 5) is 19.0. The molecule has 0 saturated carbocycles. The third-order valence-corrected chi connectivity index (χ3v) is 2.44. The highest BCUT2D eigenvalue weighted by Gasteiger charge is 2.16. The van der Waals surface area contributed by atoms with Crippen molar-refractivity contribution in [3.05, 3.63) is 12.4 Å². The van der Waals surface area contributed by atoms with E-state index in [2.05, 4.69) is 20.6 Å². The zero-order valence-electron chi connectivity index (χ0n) is 11.1. The number of hydrogen-bond acceptors (Lipinski definition) is 6. The predicted molar refractivity (Wildman–Crippen MR) is 72.2 cm³/mol. The summed E-state index contributed by atoms with van der Waals surface area (Å²) >= 11 is 0. The summed E-state index contributed by atoms with van der Waals surface area (Å²) in [5.74, 6) is 0.0851. The van der Waals surface area contributed by atoms with Crippen LogP contribution in [-0.2, 0) is 4.79 Å². The highest BCUT2D eigenvalue weighted by atomic mass is 16.4. The Balaban J connectivity index is 2.67. The summed E-state index contributed by atoms with van der Waals surface area (Å²) in [7, 11) is 0. The molecule has 2 unspecified atom stereocenters. The van der Waals surface area contributed by atoms with Crippen LogP contribution in [0.15, 0.2) is 12.4 Å². The average Bonchev–Trinajstić information content (AvgIpc) is 2.36. The summed E-state index contributed by atoms with van der Waals surface area (Å²) < 4.78 is 0. The summed E-state index contributed by atoms with van der Waals surface area (Å²) in [6, 6.07) is 0.957. The van der Waals surface area contributed by atoms with E-state index in [9.17, 15) is 9.90 Å². The molecule has 2 atom stereocenters. The number of rotatable bonds is 8. The number of nitrogens with zero attached hydrogens (tertiary/aromatic N) is 2. The second-order valence-electron chi connectivity index (χ2n) is 4.34. The molecule has 0 spiro atoms. The molecule has 0 amide bonds. The maximum Gasteiger partial charge on any atom is 0.326 e. The number of aliphatic hydroxyl groups is 1. The molecule has 7 nitrogen and oxygen atoms in total. The Hall–Kier alpha value is -1.89. The van der Waals surface area contributed by atoms with Gasteiger partial charge >= 0.3 is 5.97 Å². The first-order valence-corrected chi connectivity index (χ1v) is 6.26. The molecule has 0 aliphatic heterocycles. The van der Waals surface area contributed by atoms with Gasteiger partial charge in [-0.15, -0.1) is 0 Å². The van der Waals surface area contributed by atoms with Gasteiger partial charge in [0.1, 0.15) is 24.0 Å². The van der Waals surface area contributed by atoms with E-state index in [1.807, 2.05) is 6.92 Å². The molecule has 1 aromatic heterocycles. The number of aliphatic carboxylic acids is 1. The number of anilines is 2. The van der Waals surface area contributed by atoms with Gasteiger partial charge < -0.3 is 20.8 Å². The molecule has 0 aromatic carbocycles. The van der Waals surface area contributed by atoms with Gasteiger partial charge in [-0.05, 0) is 13.3 Å². The number of carbonyl (C=O) groups is 1. The largest absolute Gasteiger partial charge is 0.480 e. The van der Waals surface area contributed by atoms with Crippen molar-refractivity contribution in [1.82, 2.24) is 9.97 Å². The SMILES string of the molecule is CCCC(Nc1cc(NCC(C)O)ncn1)C(=O)O. The van der Waals surface area contributed by atoms with Crippen LogP contribution in [0, 0.1) is 0 Å². The van der Waals surface area contributed by atoms with E-state index in [1.165, 1.54) is 6.33 Å². The Labute approximate surface area is 112 Å². The molecule has 106 valence electrons. The standard InChI is InChI=1S/C12H20N4O3/c1-3-4-9(12(18)19)16-11-5-10(14-7-15-11)13-6-8(2)17/h5,7-9,17H,3-4,6H2,1-2H3,(H,18,19)(H2,13,14,15,16). The van der Waals surface area contributed by atoms with Crippen molar-refractivity contribution in [2.45, 2.75) is 38.8 Å². The lowest BCUT2D eigenvalue weighted by atomic mass is 10.2. The van der Waals surface area contributed by atoms with Crippen LogP contribution < -0.4 is 10.6 Å². The lowest BCUT2D eigenvalue weighted by Gasteiger charge is -2.14. The molecule has 1 aromatic rings. The van der Waals surface area contributed by atoms with Gasteiger partial charge in [0.2, 0.25) is 0 Å². The van der Waals surface area contributed by atoms with Crippen LogP contribution in [0.25, 0.3) is 0 Å². The Morgan fingerprint density at radius 3 is 2.68 bits per heavy atom. The van der Waals surface area contributed by atoms with Gasteiger partial charge in [0, 0.05) is 12.6 Å². The maximum absolute atomic E-state index is 11.0. The van der Waals surface area contributed by atoms with E-state index < -0.39 is 18.1 Å². The Bertz CT molecular complexity index is 412. The van der Waals surface area contributed by atoms with Crippen molar-refractivity contribution in [3.63, 3.8) is 0 Å². The van der Waals surface area contributed by atoms with E-state index in [0.29, 0.717) is 24.6 Å². The topological polar surface area (TPSA) is 107 Å². The second-order valence-corrected chi connectivity index (χ2v) is 4.34. The third kappa shape index (κ3) is 5.52. The first-order chi connectivity index (χ1) is 9.02. The second kappa shape index (κ2) is 7.52. The summed E-state index contributed by atoms with van der Waals surface area (Å²) in [5, 5.41) is 24.0. The lowest BCUT2D eigenvalue weighted by Crippen LogP contribution is -2.29. The minimum atomic E-state index is -0.904. The summed E-state index contributed by atoms with van der Waals surface area (Å²) in [6.45, 7) is 3.95. The minimum Gasteiger partial charge on any atom is -0.480 e. The lowest BCUT2D eigenvalue weighted by molar-refractivity contribution is -0.138. The fourth-order valence-electron chi connectivity index (χ4n) is 1.51. The van der Waals surface area contributed by atoms with Crippen molar-refractivity contribution >= 4 is 17.6 Å². The molecule has 1 rings (SSSR count). The van der Waals surface area contributed by atoms with Crippen LogP contribution >= 0.6 is 0 Å². The van der Waals surface area contributed by atoms with E-state index in [1.54, 1.807) is 13.0 Å².